The molecular weight excluding hydrogens is 348 g/mol. The summed E-state index contributed by atoms with van der Waals surface area (Å²) < 4.78 is 1.62. The highest BCUT2D eigenvalue weighted by Crippen LogP contribution is 2.20. The lowest BCUT2D eigenvalue weighted by Crippen LogP contribution is -2.24. The van der Waals surface area contributed by atoms with Gasteiger partial charge < -0.3 is 5.32 Å². The second kappa shape index (κ2) is 7.70. The molecule has 0 aliphatic carbocycles. The van der Waals surface area contributed by atoms with Gasteiger partial charge in [-0.25, -0.2) is 4.68 Å². The number of carbonyl (C=O) groups is 1. The Balaban J connectivity index is 1.73. The summed E-state index contributed by atoms with van der Waals surface area (Å²) in [5, 5.41) is 11.7. The largest absolute Gasteiger partial charge is 0.347 e. The summed E-state index contributed by atoms with van der Waals surface area (Å²) in [5.41, 5.74) is 5.07. The Morgan fingerprint density at radius 2 is 1.81 bits per heavy atom. The molecule has 6 heteroatoms. The highest BCUT2D eigenvalue weighted by Gasteiger charge is 2.17. The summed E-state index contributed by atoms with van der Waals surface area (Å²) in [4.78, 5) is 12.5. The van der Waals surface area contributed by atoms with Crippen molar-refractivity contribution in [1.29, 1.82) is 0 Å². The summed E-state index contributed by atoms with van der Waals surface area (Å²) in [6, 6.07) is 13.8. The maximum absolute atomic E-state index is 12.5. The van der Waals surface area contributed by atoms with Crippen molar-refractivity contribution in [2.45, 2.75) is 33.7 Å². The molecule has 0 aliphatic heterocycles. The first-order chi connectivity index (χ1) is 12.5. The quantitative estimate of drug-likeness (QED) is 0.739. The van der Waals surface area contributed by atoms with Gasteiger partial charge in [-0.1, -0.05) is 54.1 Å². The molecule has 26 heavy (non-hydrogen) atoms. The van der Waals surface area contributed by atoms with E-state index in [2.05, 4.69) is 34.7 Å². The van der Waals surface area contributed by atoms with Crippen LogP contribution in [0.4, 0.5) is 0 Å². The van der Waals surface area contributed by atoms with E-state index >= 15 is 0 Å². The maximum Gasteiger partial charge on any atom is 0.274 e. The molecule has 0 saturated carbocycles. The van der Waals surface area contributed by atoms with Crippen molar-refractivity contribution < 1.29 is 4.79 Å². The first kappa shape index (κ1) is 18.1. The Labute approximate surface area is 158 Å². The summed E-state index contributed by atoms with van der Waals surface area (Å²) in [6.45, 7) is 6.32. The molecule has 3 rings (SSSR count). The number of aryl methyl sites for hydroxylation is 2. The minimum Gasteiger partial charge on any atom is -0.347 e. The highest BCUT2D eigenvalue weighted by atomic mass is 35.5. The molecule has 5 nitrogen and oxygen atoms in total. The van der Waals surface area contributed by atoms with E-state index in [4.69, 9.17) is 11.6 Å². The van der Waals surface area contributed by atoms with Crippen molar-refractivity contribution in [3.8, 4) is 5.69 Å². The maximum atomic E-state index is 12.5. The van der Waals surface area contributed by atoms with Crippen LogP contribution in [-0.4, -0.2) is 20.9 Å². The molecule has 2 aromatic carbocycles. The summed E-state index contributed by atoms with van der Waals surface area (Å²) in [6.07, 6.45) is 0.998. The van der Waals surface area contributed by atoms with Crippen molar-refractivity contribution in [3.63, 3.8) is 0 Å². The van der Waals surface area contributed by atoms with E-state index in [1.165, 1.54) is 5.56 Å². The molecule has 3 aromatic rings. The van der Waals surface area contributed by atoms with Crippen LogP contribution in [0.15, 0.2) is 42.5 Å². The third kappa shape index (κ3) is 3.78. The molecule has 0 aliphatic rings. The van der Waals surface area contributed by atoms with Crippen LogP contribution in [0.1, 0.15) is 39.8 Å². The number of hydrogen-bond donors (Lipinski definition) is 1. The molecule has 1 aromatic heterocycles. The van der Waals surface area contributed by atoms with Gasteiger partial charge in [-0.15, -0.1) is 5.10 Å². The van der Waals surface area contributed by atoms with Crippen LogP contribution < -0.4 is 5.32 Å². The van der Waals surface area contributed by atoms with Crippen molar-refractivity contribution in [1.82, 2.24) is 20.3 Å². The van der Waals surface area contributed by atoms with E-state index in [9.17, 15) is 4.79 Å². The van der Waals surface area contributed by atoms with Gasteiger partial charge in [0, 0.05) is 11.6 Å². The van der Waals surface area contributed by atoms with Crippen LogP contribution in [0, 0.1) is 13.8 Å². The normalized spacial score (nSPS) is 10.8. The van der Waals surface area contributed by atoms with Crippen LogP contribution in [0.25, 0.3) is 5.69 Å². The molecular formula is C20H21ClN4O. The molecule has 0 fully saturated rings. The average molecular weight is 369 g/mol. The number of rotatable bonds is 5. The zero-order valence-corrected chi connectivity index (χ0v) is 15.8. The Morgan fingerprint density at radius 1 is 1.12 bits per heavy atom. The molecule has 0 spiro atoms. The summed E-state index contributed by atoms with van der Waals surface area (Å²) >= 11 is 6.18. The number of amides is 1. The number of carbonyl (C=O) groups excluding carboxylic acids is 1. The van der Waals surface area contributed by atoms with Gasteiger partial charge >= 0.3 is 0 Å². The molecule has 1 amide bonds. The number of hydrogen-bond acceptors (Lipinski definition) is 3. The Kier molecular flexibility index (Phi) is 5.38. The standard InChI is InChI=1S/C20H21ClN4O/c1-4-15-6-8-16(9-7-15)12-22-20(26)19-14(3)25(24-23-19)17-10-5-13(2)18(21)11-17/h5-11H,4,12H2,1-3H3,(H,22,26). The minimum atomic E-state index is -0.244. The third-order valence-electron chi connectivity index (χ3n) is 4.39. The zero-order chi connectivity index (χ0) is 18.7. The SMILES string of the molecule is CCc1ccc(CNC(=O)c2nnn(-c3ccc(C)c(Cl)c3)c2C)cc1. The molecule has 0 atom stereocenters. The van der Waals surface area contributed by atoms with E-state index in [-0.39, 0.29) is 5.91 Å². The second-order valence-corrected chi connectivity index (χ2v) is 6.63. The molecule has 0 bridgehead atoms. The topological polar surface area (TPSA) is 59.8 Å². The Morgan fingerprint density at radius 3 is 2.46 bits per heavy atom. The van der Waals surface area contributed by atoms with E-state index in [1.54, 1.807) is 4.68 Å². The fourth-order valence-corrected chi connectivity index (χ4v) is 2.83. The van der Waals surface area contributed by atoms with Crippen molar-refractivity contribution in [2.75, 3.05) is 0 Å². The van der Waals surface area contributed by atoms with E-state index in [1.807, 2.05) is 44.2 Å². The van der Waals surface area contributed by atoms with Gasteiger partial charge in [0.1, 0.15) is 0 Å². The lowest BCUT2D eigenvalue weighted by molar-refractivity contribution is 0.0945. The predicted molar refractivity (Wildman–Crippen MR) is 103 cm³/mol. The van der Waals surface area contributed by atoms with Gasteiger partial charge in [-0.3, -0.25) is 4.79 Å². The number of nitrogens with one attached hydrogen (secondary N) is 1. The molecule has 1 N–H and O–H groups in total. The lowest BCUT2D eigenvalue weighted by Gasteiger charge is -2.07. The van der Waals surface area contributed by atoms with Crippen molar-refractivity contribution >= 4 is 17.5 Å². The van der Waals surface area contributed by atoms with Crippen LogP contribution in [0.2, 0.25) is 5.02 Å². The average Bonchev–Trinajstić information content (AvgIpc) is 3.04. The van der Waals surface area contributed by atoms with Gasteiger partial charge in [0.25, 0.3) is 5.91 Å². The summed E-state index contributed by atoms with van der Waals surface area (Å²) in [7, 11) is 0. The molecule has 134 valence electrons. The first-order valence-corrected chi connectivity index (χ1v) is 8.92. The first-order valence-electron chi connectivity index (χ1n) is 8.54. The monoisotopic (exact) mass is 368 g/mol. The Hall–Kier alpha value is -2.66. The zero-order valence-electron chi connectivity index (χ0n) is 15.1. The molecule has 1 heterocycles. The fourth-order valence-electron chi connectivity index (χ4n) is 2.66. The minimum absolute atomic E-state index is 0.244. The van der Waals surface area contributed by atoms with Gasteiger partial charge in [0.15, 0.2) is 5.69 Å². The van der Waals surface area contributed by atoms with Gasteiger partial charge in [-0.05, 0) is 49.1 Å². The van der Waals surface area contributed by atoms with E-state index in [0.29, 0.717) is 23.0 Å². The smallest absolute Gasteiger partial charge is 0.274 e. The van der Waals surface area contributed by atoms with Crippen molar-refractivity contribution in [2.24, 2.45) is 0 Å². The summed E-state index contributed by atoms with van der Waals surface area (Å²) in [5.74, 6) is -0.244. The molecule has 0 radical (unpaired) electrons. The fraction of sp³-hybridized carbons (Fsp3) is 0.250. The van der Waals surface area contributed by atoms with Crippen LogP contribution in [0.5, 0.6) is 0 Å². The Bertz CT molecular complexity index is 931. The van der Waals surface area contributed by atoms with Gasteiger partial charge in [0.2, 0.25) is 0 Å². The molecule has 0 unspecified atom stereocenters. The van der Waals surface area contributed by atoms with Gasteiger partial charge in [-0.2, -0.15) is 0 Å². The highest BCUT2D eigenvalue weighted by molar-refractivity contribution is 6.31. The van der Waals surface area contributed by atoms with Crippen LogP contribution >= 0.6 is 11.6 Å². The lowest BCUT2D eigenvalue weighted by atomic mass is 10.1. The number of nitrogens with zero attached hydrogens (tertiary/aromatic N) is 3. The third-order valence-corrected chi connectivity index (χ3v) is 4.80. The second-order valence-electron chi connectivity index (χ2n) is 6.22. The number of benzene rings is 2. The van der Waals surface area contributed by atoms with Crippen LogP contribution in [-0.2, 0) is 13.0 Å². The number of halogens is 1. The number of aromatic nitrogens is 3. The van der Waals surface area contributed by atoms with Gasteiger partial charge in [0.05, 0.1) is 11.4 Å². The van der Waals surface area contributed by atoms with Crippen LogP contribution in [0.3, 0.4) is 0 Å². The van der Waals surface area contributed by atoms with Crippen molar-refractivity contribution in [3.05, 3.63) is 75.6 Å². The molecule has 0 saturated heterocycles. The van der Waals surface area contributed by atoms with E-state index in [0.717, 1.165) is 23.2 Å². The van der Waals surface area contributed by atoms with E-state index < -0.39 is 0 Å². The predicted octanol–water partition coefficient (Wildman–Crippen LogP) is 4.03.